The molecule has 3 rings (SSSR count). The van der Waals surface area contributed by atoms with Crippen LogP contribution in [0.15, 0.2) is 18.2 Å². The van der Waals surface area contributed by atoms with Crippen LogP contribution in [-0.2, 0) is 4.79 Å². The highest BCUT2D eigenvalue weighted by Crippen LogP contribution is 2.31. The van der Waals surface area contributed by atoms with Crippen molar-refractivity contribution >= 4 is 34.0 Å². The van der Waals surface area contributed by atoms with Gasteiger partial charge < -0.3 is 20.7 Å². The molecule has 0 aliphatic carbocycles. The van der Waals surface area contributed by atoms with E-state index < -0.39 is 0 Å². The number of anilines is 2. The van der Waals surface area contributed by atoms with Crippen molar-refractivity contribution < 1.29 is 14.3 Å². The van der Waals surface area contributed by atoms with E-state index >= 15 is 0 Å². The Balaban J connectivity index is 1.78. The number of carbonyl (C=O) groups is 2. The van der Waals surface area contributed by atoms with E-state index in [2.05, 4.69) is 20.3 Å². The van der Waals surface area contributed by atoms with Gasteiger partial charge in [-0.25, -0.2) is 0 Å². The maximum Gasteiger partial charge on any atom is 0.262 e. The van der Waals surface area contributed by atoms with E-state index in [1.54, 1.807) is 13.1 Å². The summed E-state index contributed by atoms with van der Waals surface area (Å²) in [5.74, 6) is 0.262. The fourth-order valence-electron chi connectivity index (χ4n) is 2.53. The summed E-state index contributed by atoms with van der Waals surface area (Å²) in [7, 11) is 1.76. The predicted octanol–water partition coefficient (Wildman–Crippen LogP) is 2.32. The molecule has 1 aromatic carbocycles. The molecule has 3 N–H and O–H groups in total. The highest BCUT2D eigenvalue weighted by molar-refractivity contribution is 7.10. The number of aromatic nitrogens is 1. The molecule has 126 valence electrons. The molecule has 0 unspecified atom stereocenters. The summed E-state index contributed by atoms with van der Waals surface area (Å²) in [4.78, 5) is 24.0. The molecule has 0 saturated carbocycles. The fourth-order valence-corrected chi connectivity index (χ4v) is 3.27. The lowest BCUT2D eigenvalue weighted by atomic mass is 10.1. The summed E-state index contributed by atoms with van der Waals surface area (Å²) in [5.41, 5.74) is 2.75. The molecule has 0 radical (unpaired) electrons. The monoisotopic (exact) mass is 346 g/mol. The Morgan fingerprint density at radius 1 is 1.46 bits per heavy atom. The molecule has 1 aliphatic rings. The summed E-state index contributed by atoms with van der Waals surface area (Å²) < 4.78 is 9.55. The lowest BCUT2D eigenvalue weighted by molar-refractivity contribution is -0.118. The molecular formula is C16H18N4O3S. The average Bonchev–Trinajstić information content (AvgIpc) is 2.94. The van der Waals surface area contributed by atoms with Crippen molar-refractivity contribution in [3.8, 4) is 5.75 Å². The van der Waals surface area contributed by atoms with E-state index in [4.69, 9.17) is 4.74 Å². The van der Waals surface area contributed by atoms with Crippen LogP contribution in [0, 0.1) is 6.92 Å². The topological polar surface area (TPSA) is 92.4 Å². The molecule has 8 heteroatoms. The van der Waals surface area contributed by atoms with Crippen molar-refractivity contribution in [3.63, 3.8) is 0 Å². The van der Waals surface area contributed by atoms with Crippen LogP contribution in [0.2, 0.25) is 0 Å². The number of rotatable bonds is 4. The number of carbonyl (C=O) groups excluding carboxylic acids is 2. The molecule has 1 aliphatic heterocycles. The van der Waals surface area contributed by atoms with Gasteiger partial charge in [0.25, 0.3) is 11.8 Å². The number of ether oxygens (including phenoxy) is 1. The first kappa shape index (κ1) is 16.3. The van der Waals surface area contributed by atoms with Crippen LogP contribution in [0.1, 0.15) is 34.6 Å². The standard InChI is InChI=1S/C16H18N4O3S/c1-8(18-15(22)14-9(2)20-24-16(14)17-3)10-4-5-12-11(6-10)19-13(21)7-23-12/h4-6,8,17H,7H2,1-3H3,(H,18,22)(H,19,21)/t8-/m0/s1. The van der Waals surface area contributed by atoms with Crippen molar-refractivity contribution in [2.45, 2.75) is 19.9 Å². The summed E-state index contributed by atoms with van der Waals surface area (Å²) in [6.07, 6.45) is 0. The molecule has 0 saturated heterocycles. The Morgan fingerprint density at radius 3 is 3.00 bits per heavy atom. The molecule has 1 aromatic heterocycles. The minimum Gasteiger partial charge on any atom is -0.482 e. The fraction of sp³-hybridized carbons (Fsp3) is 0.312. The molecule has 2 aromatic rings. The maximum absolute atomic E-state index is 12.6. The Bertz CT molecular complexity index is 803. The molecule has 2 heterocycles. The van der Waals surface area contributed by atoms with Gasteiger partial charge in [0.15, 0.2) is 6.61 Å². The SMILES string of the molecule is CNc1snc(C)c1C(=O)N[C@@H](C)c1ccc2c(c1)NC(=O)CO2. The molecule has 0 spiro atoms. The summed E-state index contributed by atoms with van der Waals surface area (Å²) in [6.45, 7) is 3.72. The lowest BCUT2D eigenvalue weighted by Crippen LogP contribution is -2.28. The van der Waals surface area contributed by atoms with Crippen LogP contribution in [0.25, 0.3) is 0 Å². The molecule has 0 bridgehead atoms. The third kappa shape index (κ3) is 3.05. The zero-order valence-corrected chi connectivity index (χ0v) is 14.4. The number of benzene rings is 1. The largest absolute Gasteiger partial charge is 0.482 e. The van der Waals surface area contributed by atoms with Crippen LogP contribution in [-0.4, -0.2) is 29.8 Å². The minimum atomic E-state index is -0.231. The van der Waals surface area contributed by atoms with Gasteiger partial charge in [-0.15, -0.1) is 0 Å². The predicted molar refractivity (Wildman–Crippen MR) is 92.8 cm³/mol. The Kier molecular flexibility index (Phi) is 4.39. The molecule has 2 amide bonds. The van der Waals surface area contributed by atoms with Gasteiger partial charge in [-0.2, -0.15) is 4.37 Å². The van der Waals surface area contributed by atoms with E-state index in [0.29, 0.717) is 22.7 Å². The third-order valence-corrected chi connectivity index (χ3v) is 4.76. The molecule has 0 fully saturated rings. The first-order valence-corrected chi connectivity index (χ1v) is 8.28. The van der Waals surface area contributed by atoms with Crippen molar-refractivity contribution in [1.82, 2.24) is 9.69 Å². The lowest BCUT2D eigenvalue weighted by Gasteiger charge is -2.21. The Labute approximate surface area is 143 Å². The molecule has 24 heavy (non-hydrogen) atoms. The Hall–Kier alpha value is -2.61. The van der Waals surface area contributed by atoms with Gasteiger partial charge in [0.2, 0.25) is 0 Å². The van der Waals surface area contributed by atoms with E-state index in [-0.39, 0.29) is 24.5 Å². The first-order valence-electron chi connectivity index (χ1n) is 7.51. The Morgan fingerprint density at radius 2 is 2.25 bits per heavy atom. The zero-order valence-electron chi connectivity index (χ0n) is 13.6. The van der Waals surface area contributed by atoms with E-state index in [9.17, 15) is 9.59 Å². The van der Waals surface area contributed by atoms with Gasteiger partial charge in [-0.1, -0.05) is 6.07 Å². The van der Waals surface area contributed by atoms with E-state index in [0.717, 1.165) is 10.6 Å². The number of amides is 2. The number of fused-ring (bicyclic) bond motifs is 1. The number of aryl methyl sites for hydroxylation is 1. The van der Waals surface area contributed by atoms with Crippen LogP contribution in [0.5, 0.6) is 5.75 Å². The number of nitrogens with zero attached hydrogens (tertiary/aromatic N) is 1. The second-order valence-corrected chi connectivity index (χ2v) is 6.28. The van der Waals surface area contributed by atoms with Crippen LogP contribution < -0.4 is 20.7 Å². The van der Waals surface area contributed by atoms with E-state index in [1.165, 1.54) is 11.5 Å². The van der Waals surface area contributed by atoms with Crippen molar-refractivity contribution in [2.75, 3.05) is 24.3 Å². The molecule has 7 nitrogen and oxygen atoms in total. The first-order chi connectivity index (χ1) is 11.5. The average molecular weight is 346 g/mol. The third-order valence-electron chi connectivity index (χ3n) is 3.80. The minimum absolute atomic E-state index is 0.0237. The highest BCUT2D eigenvalue weighted by atomic mass is 32.1. The number of hydrogen-bond acceptors (Lipinski definition) is 6. The summed E-state index contributed by atoms with van der Waals surface area (Å²) >= 11 is 1.26. The molecular weight excluding hydrogens is 328 g/mol. The smallest absolute Gasteiger partial charge is 0.262 e. The highest BCUT2D eigenvalue weighted by Gasteiger charge is 2.21. The number of hydrogen-bond donors (Lipinski definition) is 3. The van der Waals surface area contributed by atoms with Crippen molar-refractivity contribution in [1.29, 1.82) is 0 Å². The number of nitrogens with one attached hydrogen (secondary N) is 3. The van der Waals surface area contributed by atoms with E-state index in [1.807, 2.05) is 26.0 Å². The van der Waals surface area contributed by atoms with Gasteiger partial charge in [0.1, 0.15) is 10.8 Å². The van der Waals surface area contributed by atoms with Crippen LogP contribution >= 0.6 is 11.5 Å². The quantitative estimate of drug-likeness (QED) is 0.790. The van der Waals surface area contributed by atoms with Gasteiger partial charge in [-0.05, 0) is 43.1 Å². The van der Waals surface area contributed by atoms with Gasteiger partial charge in [-0.3, -0.25) is 9.59 Å². The van der Waals surface area contributed by atoms with Gasteiger partial charge >= 0.3 is 0 Å². The summed E-state index contributed by atoms with van der Waals surface area (Å²) in [6, 6.07) is 5.25. The zero-order chi connectivity index (χ0) is 17.3. The summed E-state index contributed by atoms with van der Waals surface area (Å²) in [5, 5.41) is 9.46. The van der Waals surface area contributed by atoms with Gasteiger partial charge in [0.05, 0.1) is 23.0 Å². The van der Waals surface area contributed by atoms with Crippen molar-refractivity contribution in [3.05, 3.63) is 35.0 Å². The van der Waals surface area contributed by atoms with Crippen LogP contribution in [0.3, 0.4) is 0 Å². The van der Waals surface area contributed by atoms with Crippen LogP contribution in [0.4, 0.5) is 10.7 Å². The second-order valence-electron chi connectivity index (χ2n) is 5.51. The van der Waals surface area contributed by atoms with Crippen molar-refractivity contribution in [2.24, 2.45) is 0 Å². The normalized spacial score (nSPS) is 14.2. The molecule has 1 atom stereocenters. The second kappa shape index (κ2) is 6.48. The maximum atomic E-state index is 12.6. The van der Waals surface area contributed by atoms with Gasteiger partial charge in [0, 0.05) is 7.05 Å².